The number of esters is 4. The second-order valence-electron chi connectivity index (χ2n) is 12.6. The van der Waals surface area contributed by atoms with Crippen LogP contribution < -0.4 is 0 Å². The lowest BCUT2D eigenvalue weighted by atomic mass is 9.82. The molecule has 5 aromatic rings. The van der Waals surface area contributed by atoms with Crippen molar-refractivity contribution in [2.45, 2.75) is 53.4 Å². The van der Waals surface area contributed by atoms with E-state index in [0.29, 0.717) is 56.1 Å². The number of carbonyl (C=O) groups is 4. The maximum Gasteiger partial charge on any atom is 0.324 e. The van der Waals surface area contributed by atoms with Gasteiger partial charge in [0.05, 0.1) is 48.5 Å². The number of carbonyl (C=O) groups excluding carboxylic acids is 4. The average molecular weight is 679 g/mol. The highest BCUT2D eigenvalue weighted by Crippen LogP contribution is 2.55. The van der Waals surface area contributed by atoms with Crippen LogP contribution in [0.5, 0.6) is 0 Å². The lowest BCUT2D eigenvalue weighted by Gasteiger charge is -2.25. The molecule has 0 atom stereocenters. The Balaban J connectivity index is 1.57. The fourth-order valence-electron chi connectivity index (χ4n) is 7.62. The number of imidazole rings is 2. The molecule has 0 radical (unpaired) electrons. The standard InChI is InChI=1S/C38H38N4O8/c1-5-47-33(43)37(34(44)48-6-2)17-21-22(18-37)30(32-41-27-15-11-12-16-28(27)42-32)24-20-38(35(45)49-7-3,36(46)50-8-4)19-23(24)29(21)31-39-25-13-9-10-14-26(25)40-31/h9-16H,5-8,17-20H2,1-4H3,(H,39,40)(H,41,42). The monoisotopic (exact) mass is 678 g/mol. The van der Waals surface area contributed by atoms with Crippen LogP contribution in [0.3, 0.4) is 0 Å². The fourth-order valence-corrected chi connectivity index (χ4v) is 7.62. The minimum Gasteiger partial charge on any atom is -0.465 e. The van der Waals surface area contributed by atoms with Crippen molar-refractivity contribution < 1.29 is 38.1 Å². The van der Waals surface area contributed by atoms with Crippen molar-refractivity contribution >= 4 is 45.9 Å². The maximum atomic E-state index is 13.9. The average Bonchev–Trinajstić information content (AvgIpc) is 3.90. The maximum absolute atomic E-state index is 13.9. The predicted octanol–water partition coefficient (Wildman–Crippen LogP) is 5.20. The van der Waals surface area contributed by atoms with Gasteiger partial charge in [0.25, 0.3) is 0 Å². The van der Waals surface area contributed by atoms with Crippen LogP contribution in [-0.4, -0.2) is 70.2 Å². The van der Waals surface area contributed by atoms with Crippen molar-refractivity contribution in [3.8, 4) is 22.8 Å². The van der Waals surface area contributed by atoms with Gasteiger partial charge < -0.3 is 28.9 Å². The third kappa shape index (κ3) is 5.04. The van der Waals surface area contributed by atoms with Gasteiger partial charge in [0.2, 0.25) is 0 Å². The molecule has 0 saturated heterocycles. The first-order chi connectivity index (χ1) is 24.2. The summed E-state index contributed by atoms with van der Waals surface area (Å²) in [6, 6.07) is 15.1. The first-order valence-electron chi connectivity index (χ1n) is 17.0. The molecule has 2 aromatic heterocycles. The smallest absolute Gasteiger partial charge is 0.324 e. The topological polar surface area (TPSA) is 163 Å². The molecule has 0 fully saturated rings. The van der Waals surface area contributed by atoms with Gasteiger partial charge in [-0.15, -0.1) is 0 Å². The minimum absolute atomic E-state index is 0.0568. The summed E-state index contributed by atoms with van der Waals surface area (Å²) in [5.41, 5.74) is 3.40. The van der Waals surface area contributed by atoms with Crippen LogP contribution in [0.4, 0.5) is 0 Å². The number of ether oxygens (including phenoxy) is 4. The molecule has 258 valence electrons. The summed E-state index contributed by atoms with van der Waals surface area (Å²) < 4.78 is 22.2. The van der Waals surface area contributed by atoms with Crippen molar-refractivity contribution in [3.63, 3.8) is 0 Å². The van der Waals surface area contributed by atoms with E-state index in [2.05, 4.69) is 9.97 Å². The highest BCUT2D eigenvalue weighted by molar-refractivity contribution is 6.05. The number of nitrogens with one attached hydrogen (secondary N) is 2. The van der Waals surface area contributed by atoms with Crippen LogP contribution in [0.1, 0.15) is 49.9 Å². The van der Waals surface area contributed by atoms with E-state index in [1.54, 1.807) is 27.7 Å². The number of hydrogen-bond donors (Lipinski definition) is 2. The van der Waals surface area contributed by atoms with E-state index in [1.165, 1.54) is 0 Å². The molecule has 0 spiro atoms. The first kappa shape index (κ1) is 33.0. The molecule has 2 aliphatic carbocycles. The second kappa shape index (κ2) is 12.7. The summed E-state index contributed by atoms with van der Waals surface area (Å²) in [7, 11) is 0. The molecule has 0 unspecified atom stereocenters. The van der Waals surface area contributed by atoms with Crippen molar-refractivity contribution in [1.82, 2.24) is 19.9 Å². The van der Waals surface area contributed by atoms with Gasteiger partial charge in [0, 0.05) is 36.8 Å². The quantitative estimate of drug-likeness (QED) is 0.114. The van der Waals surface area contributed by atoms with E-state index in [-0.39, 0.29) is 52.1 Å². The molecule has 12 heteroatoms. The van der Waals surface area contributed by atoms with Gasteiger partial charge in [-0.25, -0.2) is 9.97 Å². The second-order valence-corrected chi connectivity index (χ2v) is 12.6. The molecule has 2 N–H and O–H groups in total. The number of para-hydroxylation sites is 4. The Morgan fingerprint density at radius 3 is 1.12 bits per heavy atom. The van der Waals surface area contributed by atoms with E-state index in [1.807, 2.05) is 48.5 Å². The largest absolute Gasteiger partial charge is 0.465 e. The zero-order valence-corrected chi connectivity index (χ0v) is 28.4. The Bertz CT molecular complexity index is 1880. The van der Waals surface area contributed by atoms with Gasteiger partial charge in [-0.1, -0.05) is 24.3 Å². The van der Waals surface area contributed by atoms with Gasteiger partial charge in [-0.2, -0.15) is 0 Å². The normalized spacial score (nSPS) is 15.4. The molecule has 2 heterocycles. The molecule has 7 rings (SSSR count). The molecule has 3 aromatic carbocycles. The third-order valence-corrected chi connectivity index (χ3v) is 9.77. The van der Waals surface area contributed by atoms with Crippen molar-refractivity contribution in [3.05, 3.63) is 70.8 Å². The first-order valence-corrected chi connectivity index (χ1v) is 17.0. The minimum atomic E-state index is -1.69. The van der Waals surface area contributed by atoms with Gasteiger partial charge in [0.1, 0.15) is 11.6 Å². The summed E-state index contributed by atoms with van der Waals surface area (Å²) in [5.74, 6) is -1.80. The molecular formula is C38H38N4O8. The van der Waals surface area contributed by atoms with E-state index in [4.69, 9.17) is 28.9 Å². The molecule has 0 saturated carbocycles. The molecule has 50 heavy (non-hydrogen) atoms. The van der Waals surface area contributed by atoms with Gasteiger partial charge in [-0.05, 0) is 74.2 Å². The van der Waals surface area contributed by atoms with Crippen LogP contribution in [0.25, 0.3) is 44.8 Å². The Hall–Kier alpha value is -5.52. The van der Waals surface area contributed by atoms with Crippen molar-refractivity contribution in [2.75, 3.05) is 26.4 Å². The number of H-pyrrole nitrogens is 2. The Kier molecular flexibility index (Phi) is 8.41. The van der Waals surface area contributed by atoms with Crippen LogP contribution in [0, 0.1) is 10.8 Å². The SMILES string of the molecule is CCOC(=O)C1(C(=O)OCC)Cc2c(c(-c3nc4ccccc4[nH]3)c3c(c2-c2nc4ccccc4[nH]2)CC(C(=O)OCC)(C(=O)OCC)C3)C1. The number of benzene rings is 3. The van der Waals surface area contributed by atoms with E-state index < -0.39 is 34.7 Å². The Morgan fingerprint density at radius 2 is 0.840 bits per heavy atom. The zero-order chi connectivity index (χ0) is 35.2. The summed E-state index contributed by atoms with van der Waals surface area (Å²) in [5, 5.41) is 0. The third-order valence-electron chi connectivity index (χ3n) is 9.77. The number of aromatic amines is 2. The number of aromatic nitrogens is 4. The molecule has 0 bridgehead atoms. The molecule has 2 aliphatic rings. The number of hydrogen-bond acceptors (Lipinski definition) is 10. The lowest BCUT2D eigenvalue weighted by Crippen LogP contribution is -2.43. The molecule has 0 amide bonds. The summed E-state index contributed by atoms with van der Waals surface area (Å²) in [6.07, 6.45) is -0.227. The molecule has 12 nitrogen and oxygen atoms in total. The predicted molar refractivity (Wildman–Crippen MR) is 183 cm³/mol. The van der Waals surface area contributed by atoms with Crippen molar-refractivity contribution in [2.24, 2.45) is 10.8 Å². The van der Waals surface area contributed by atoms with Crippen LogP contribution >= 0.6 is 0 Å². The molecule has 0 aliphatic heterocycles. The highest BCUT2D eigenvalue weighted by Gasteiger charge is 2.59. The van der Waals surface area contributed by atoms with Crippen LogP contribution in [0.2, 0.25) is 0 Å². The van der Waals surface area contributed by atoms with E-state index in [0.717, 1.165) is 11.0 Å². The summed E-state index contributed by atoms with van der Waals surface area (Å²) >= 11 is 0. The number of fused-ring (bicyclic) bond motifs is 4. The van der Waals surface area contributed by atoms with Gasteiger partial charge in [0.15, 0.2) is 10.8 Å². The van der Waals surface area contributed by atoms with Crippen molar-refractivity contribution in [1.29, 1.82) is 0 Å². The van der Waals surface area contributed by atoms with E-state index in [9.17, 15) is 19.2 Å². The van der Waals surface area contributed by atoms with Crippen LogP contribution in [-0.2, 0) is 63.8 Å². The summed E-state index contributed by atoms with van der Waals surface area (Å²) in [6.45, 7) is 7.05. The number of rotatable bonds is 10. The summed E-state index contributed by atoms with van der Waals surface area (Å²) in [4.78, 5) is 72.4. The van der Waals surface area contributed by atoms with Gasteiger partial charge >= 0.3 is 23.9 Å². The zero-order valence-electron chi connectivity index (χ0n) is 28.4. The van der Waals surface area contributed by atoms with E-state index >= 15 is 0 Å². The van der Waals surface area contributed by atoms with Gasteiger partial charge in [-0.3, -0.25) is 19.2 Å². The number of nitrogens with zero attached hydrogens (tertiary/aromatic N) is 2. The highest BCUT2D eigenvalue weighted by atomic mass is 16.6. The van der Waals surface area contributed by atoms with Crippen LogP contribution in [0.15, 0.2) is 48.5 Å². The Labute approximate surface area is 287 Å². The molecular weight excluding hydrogens is 640 g/mol. The lowest BCUT2D eigenvalue weighted by molar-refractivity contribution is -0.172. The fraction of sp³-hybridized carbons (Fsp3) is 0.368. The Morgan fingerprint density at radius 1 is 0.540 bits per heavy atom.